The molecule has 1 heterocycles. The molecule has 1 aliphatic rings. The van der Waals surface area contributed by atoms with Gasteiger partial charge in [0.15, 0.2) is 0 Å². The molecule has 0 saturated carbocycles. The van der Waals surface area contributed by atoms with Crippen molar-refractivity contribution in [2.75, 3.05) is 16.8 Å². The van der Waals surface area contributed by atoms with E-state index in [-0.39, 0.29) is 24.2 Å². The lowest BCUT2D eigenvalue weighted by Gasteiger charge is -2.19. The second-order valence-electron chi connectivity index (χ2n) is 7.21. The molecule has 1 saturated heterocycles. The molecular formula is C23H22N2O2. The molecule has 136 valence electrons. The van der Waals surface area contributed by atoms with E-state index in [1.54, 1.807) is 4.90 Å². The quantitative estimate of drug-likeness (QED) is 0.752. The number of anilines is 2. The molecule has 1 fully saturated rings. The Hall–Kier alpha value is -3.14. The number of amides is 2. The average Bonchev–Trinajstić information content (AvgIpc) is 3.06. The highest BCUT2D eigenvalue weighted by Gasteiger charge is 2.35. The summed E-state index contributed by atoms with van der Waals surface area (Å²) in [6.45, 7) is 4.37. The first-order valence-electron chi connectivity index (χ1n) is 9.19. The second-order valence-corrected chi connectivity index (χ2v) is 7.21. The molecule has 1 atom stereocenters. The van der Waals surface area contributed by atoms with Crippen molar-refractivity contribution in [1.29, 1.82) is 0 Å². The van der Waals surface area contributed by atoms with Crippen LogP contribution >= 0.6 is 0 Å². The van der Waals surface area contributed by atoms with E-state index in [4.69, 9.17) is 0 Å². The predicted octanol–water partition coefficient (Wildman–Crippen LogP) is 4.45. The number of aryl methyl sites for hydroxylation is 2. The lowest BCUT2D eigenvalue weighted by atomic mass is 10.1. The van der Waals surface area contributed by atoms with Crippen LogP contribution in [0, 0.1) is 19.8 Å². The standard InChI is InChI=1S/C23H22N2O2/c1-15-10-11-16(2)20(12-15)24-23(27)18-13-22(26)25(14-18)21-9-5-7-17-6-3-4-8-19(17)21/h3-12,18H,13-14H2,1-2H3,(H,24,27)/t18-/m0/s1. The van der Waals surface area contributed by atoms with E-state index in [0.29, 0.717) is 6.54 Å². The van der Waals surface area contributed by atoms with Crippen molar-refractivity contribution in [3.8, 4) is 0 Å². The zero-order valence-corrected chi connectivity index (χ0v) is 15.5. The zero-order valence-electron chi connectivity index (χ0n) is 15.5. The minimum Gasteiger partial charge on any atom is -0.326 e. The molecule has 0 unspecified atom stereocenters. The van der Waals surface area contributed by atoms with E-state index in [0.717, 1.165) is 33.3 Å². The summed E-state index contributed by atoms with van der Waals surface area (Å²) in [5.74, 6) is -0.455. The summed E-state index contributed by atoms with van der Waals surface area (Å²) in [5, 5.41) is 5.13. The molecule has 3 aromatic carbocycles. The van der Waals surface area contributed by atoms with Gasteiger partial charge in [0.2, 0.25) is 11.8 Å². The summed E-state index contributed by atoms with van der Waals surface area (Å²) in [6, 6.07) is 19.9. The van der Waals surface area contributed by atoms with Crippen LogP contribution in [-0.4, -0.2) is 18.4 Å². The van der Waals surface area contributed by atoms with Gasteiger partial charge in [-0.25, -0.2) is 0 Å². The highest BCUT2D eigenvalue weighted by molar-refractivity contribution is 6.08. The molecule has 1 N–H and O–H groups in total. The fraction of sp³-hybridized carbons (Fsp3) is 0.217. The van der Waals surface area contributed by atoms with Crippen molar-refractivity contribution in [1.82, 2.24) is 0 Å². The lowest BCUT2D eigenvalue weighted by molar-refractivity contribution is -0.122. The Kier molecular flexibility index (Phi) is 4.40. The van der Waals surface area contributed by atoms with Gasteiger partial charge in [0.1, 0.15) is 0 Å². The van der Waals surface area contributed by atoms with E-state index in [1.165, 1.54) is 0 Å². The highest BCUT2D eigenvalue weighted by atomic mass is 16.2. The molecule has 4 rings (SSSR count). The van der Waals surface area contributed by atoms with Crippen molar-refractivity contribution in [3.05, 3.63) is 71.8 Å². The largest absolute Gasteiger partial charge is 0.326 e. The predicted molar refractivity (Wildman–Crippen MR) is 109 cm³/mol. The number of nitrogens with zero attached hydrogens (tertiary/aromatic N) is 1. The number of rotatable bonds is 3. The number of hydrogen-bond donors (Lipinski definition) is 1. The van der Waals surface area contributed by atoms with Gasteiger partial charge in [0, 0.05) is 24.0 Å². The van der Waals surface area contributed by atoms with Crippen molar-refractivity contribution in [2.45, 2.75) is 20.3 Å². The van der Waals surface area contributed by atoms with Crippen LogP contribution in [0.2, 0.25) is 0 Å². The van der Waals surface area contributed by atoms with Crippen LogP contribution in [0.1, 0.15) is 17.5 Å². The first-order valence-corrected chi connectivity index (χ1v) is 9.19. The maximum Gasteiger partial charge on any atom is 0.229 e. The van der Waals surface area contributed by atoms with Gasteiger partial charge in [0.25, 0.3) is 0 Å². The summed E-state index contributed by atoms with van der Waals surface area (Å²) in [6.07, 6.45) is 0.236. The average molecular weight is 358 g/mol. The van der Waals surface area contributed by atoms with E-state index < -0.39 is 0 Å². The Balaban J connectivity index is 1.57. The molecule has 0 aliphatic carbocycles. The molecule has 4 nitrogen and oxygen atoms in total. The minimum absolute atomic E-state index is 0.00697. The number of hydrogen-bond acceptors (Lipinski definition) is 2. The highest BCUT2D eigenvalue weighted by Crippen LogP contribution is 2.32. The summed E-state index contributed by atoms with van der Waals surface area (Å²) in [4.78, 5) is 27.2. The van der Waals surface area contributed by atoms with Gasteiger partial charge in [0.05, 0.1) is 11.6 Å². The normalized spacial score (nSPS) is 16.7. The molecule has 27 heavy (non-hydrogen) atoms. The Morgan fingerprint density at radius 1 is 1.04 bits per heavy atom. The van der Waals surface area contributed by atoms with Crippen molar-refractivity contribution >= 4 is 34.0 Å². The summed E-state index contributed by atoms with van der Waals surface area (Å²) >= 11 is 0. The molecule has 4 heteroatoms. The van der Waals surface area contributed by atoms with Crippen LogP contribution in [0.25, 0.3) is 10.8 Å². The Morgan fingerprint density at radius 2 is 1.81 bits per heavy atom. The Bertz CT molecular complexity index is 1040. The van der Waals surface area contributed by atoms with Gasteiger partial charge in [-0.1, -0.05) is 48.5 Å². The third-order valence-corrected chi connectivity index (χ3v) is 5.20. The molecule has 3 aromatic rings. The van der Waals surface area contributed by atoms with Crippen LogP contribution in [0.5, 0.6) is 0 Å². The third kappa shape index (κ3) is 3.31. The van der Waals surface area contributed by atoms with Gasteiger partial charge >= 0.3 is 0 Å². The van der Waals surface area contributed by atoms with E-state index in [2.05, 4.69) is 5.32 Å². The van der Waals surface area contributed by atoms with E-state index in [1.807, 2.05) is 74.5 Å². The van der Waals surface area contributed by atoms with Gasteiger partial charge in [-0.3, -0.25) is 9.59 Å². The fourth-order valence-corrected chi connectivity index (χ4v) is 3.67. The van der Waals surface area contributed by atoms with E-state index in [9.17, 15) is 9.59 Å². The van der Waals surface area contributed by atoms with Gasteiger partial charge in [-0.05, 0) is 42.5 Å². The van der Waals surface area contributed by atoms with Crippen LogP contribution in [-0.2, 0) is 9.59 Å². The summed E-state index contributed by atoms with van der Waals surface area (Å²) < 4.78 is 0. The first kappa shape index (κ1) is 17.3. The minimum atomic E-state index is -0.351. The molecule has 0 bridgehead atoms. The van der Waals surface area contributed by atoms with Crippen molar-refractivity contribution in [3.63, 3.8) is 0 Å². The molecule has 0 radical (unpaired) electrons. The molecule has 0 aromatic heterocycles. The molecule has 1 aliphatic heterocycles. The molecule has 2 amide bonds. The number of carbonyl (C=O) groups excluding carboxylic acids is 2. The molecule has 0 spiro atoms. The Labute approximate surface area is 158 Å². The lowest BCUT2D eigenvalue weighted by Crippen LogP contribution is -2.28. The fourth-order valence-electron chi connectivity index (χ4n) is 3.67. The summed E-state index contributed by atoms with van der Waals surface area (Å²) in [5.41, 5.74) is 3.80. The van der Waals surface area contributed by atoms with E-state index >= 15 is 0 Å². The number of carbonyl (C=O) groups is 2. The Morgan fingerprint density at radius 3 is 2.67 bits per heavy atom. The van der Waals surface area contributed by atoms with Gasteiger partial charge in [-0.2, -0.15) is 0 Å². The zero-order chi connectivity index (χ0) is 19.0. The van der Waals surface area contributed by atoms with Crippen molar-refractivity contribution < 1.29 is 9.59 Å². The third-order valence-electron chi connectivity index (χ3n) is 5.20. The topological polar surface area (TPSA) is 49.4 Å². The molecular weight excluding hydrogens is 336 g/mol. The SMILES string of the molecule is Cc1ccc(C)c(NC(=O)[C@H]2CC(=O)N(c3cccc4ccccc34)C2)c1. The van der Waals surface area contributed by atoms with Gasteiger partial charge in [-0.15, -0.1) is 0 Å². The maximum absolute atomic E-state index is 12.8. The van der Waals surface area contributed by atoms with Crippen LogP contribution in [0.15, 0.2) is 60.7 Å². The number of fused-ring (bicyclic) bond motifs is 1. The smallest absolute Gasteiger partial charge is 0.229 e. The van der Waals surface area contributed by atoms with Crippen LogP contribution < -0.4 is 10.2 Å². The van der Waals surface area contributed by atoms with Crippen LogP contribution in [0.3, 0.4) is 0 Å². The number of benzene rings is 3. The van der Waals surface area contributed by atoms with Gasteiger partial charge < -0.3 is 10.2 Å². The van der Waals surface area contributed by atoms with Crippen LogP contribution in [0.4, 0.5) is 11.4 Å². The van der Waals surface area contributed by atoms with Crippen molar-refractivity contribution in [2.24, 2.45) is 5.92 Å². The monoisotopic (exact) mass is 358 g/mol. The number of nitrogens with one attached hydrogen (secondary N) is 1. The first-order chi connectivity index (χ1) is 13.0. The summed E-state index contributed by atoms with van der Waals surface area (Å²) in [7, 11) is 0. The maximum atomic E-state index is 12.8. The second kappa shape index (κ2) is 6.88.